The van der Waals surface area contributed by atoms with Crippen LogP contribution < -0.4 is 20.9 Å². The van der Waals surface area contributed by atoms with E-state index < -0.39 is 47.0 Å². The van der Waals surface area contributed by atoms with Gasteiger partial charge >= 0.3 is 6.18 Å². The van der Waals surface area contributed by atoms with Gasteiger partial charge < -0.3 is 29.7 Å². The third kappa shape index (κ3) is 11.9. The van der Waals surface area contributed by atoms with Crippen molar-refractivity contribution >= 4 is 53.0 Å². The highest BCUT2D eigenvalue weighted by atomic mass is 32.2. The summed E-state index contributed by atoms with van der Waals surface area (Å²) >= 11 is 1.47. The van der Waals surface area contributed by atoms with Gasteiger partial charge in [0.05, 0.1) is 43.4 Å². The van der Waals surface area contributed by atoms with Crippen LogP contribution in [0.5, 0.6) is 0 Å². The molecule has 2 aromatic heterocycles. The number of ether oxygens (including phenoxy) is 1. The Morgan fingerprint density at radius 3 is 2.37 bits per heavy atom. The number of halogens is 3. The van der Waals surface area contributed by atoms with E-state index in [0.29, 0.717) is 68.3 Å². The van der Waals surface area contributed by atoms with Crippen LogP contribution in [0.4, 0.5) is 19.0 Å². The van der Waals surface area contributed by atoms with Crippen LogP contribution in [0.2, 0.25) is 0 Å². The van der Waals surface area contributed by atoms with Gasteiger partial charge in [0.15, 0.2) is 6.67 Å². The van der Waals surface area contributed by atoms with Gasteiger partial charge in [-0.05, 0) is 79.7 Å². The van der Waals surface area contributed by atoms with Gasteiger partial charge in [-0.25, -0.2) is 4.98 Å². The van der Waals surface area contributed by atoms with Crippen LogP contribution in [-0.2, 0) is 66.9 Å². The molecule has 2 fully saturated rings. The van der Waals surface area contributed by atoms with E-state index in [-0.39, 0.29) is 83.7 Å². The van der Waals surface area contributed by atoms with E-state index in [0.717, 1.165) is 35.2 Å². The number of unbranched alkanes of at least 4 members (excludes halogenated alkanes) is 2. The number of aromatic nitrogens is 4. The summed E-state index contributed by atoms with van der Waals surface area (Å²) in [4.78, 5) is 85.3. The molecule has 1 unspecified atom stereocenters. The van der Waals surface area contributed by atoms with E-state index in [9.17, 15) is 28.8 Å². The number of alkyl halides is 3. The SMILES string of the molecule is CCSc1cc(C2(Cc3nncn3C)COC2)cc(N2Cc3c(cc(C[N+]4(CNC(=O)[C@H](C)NC(=O)[C@@H](NC(=O)CCCCCN5C(=O)C=CC5=O)C(C)C)CCC[C@H](C)C4)cc3C(F)(F)F)C2=O)n1. The molecule has 17 nitrogen and oxygen atoms in total. The minimum Gasteiger partial charge on any atom is -0.379 e. The second-order valence-electron chi connectivity index (χ2n) is 19.7. The summed E-state index contributed by atoms with van der Waals surface area (Å²) in [6, 6.07) is 4.50. The lowest BCUT2D eigenvalue weighted by molar-refractivity contribution is -0.949. The number of amides is 6. The smallest absolute Gasteiger partial charge is 0.379 e. The first-order valence-electron chi connectivity index (χ1n) is 24.1. The monoisotopic (exact) mass is 993 g/mol. The quantitative estimate of drug-likeness (QED) is 0.0565. The Hall–Kier alpha value is -5.67. The first-order valence-corrected chi connectivity index (χ1v) is 25.1. The van der Waals surface area contributed by atoms with Crippen LogP contribution in [-0.4, -0.2) is 122 Å². The molecule has 1 aromatic carbocycles. The Bertz CT molecular complexity index is 2490. The second kappa shape index (κ2) is 21.8. The molecule has 0 bridgehead atoms. The predicted molar refractivity (Wildman–Crippen MR) is 254 cm³/mol. The number of piperidine rings is 1. The zero-order chi connectivity index (χ0) is 50.5. The van der Waals surface area contributed by atoms with Crippen molar-refractivity contribution < 1.29 is 51.2 Å². The summed E-state index contributed by atoms with van der Waals surface area (Å²) in [5.74, 6) is -1.13. The molecule has 378 valence electrons. The molecule has 0 spiro atoms. The van der Waals surface area contributed by atoms with Crippen molar-refractivity contribution in [3.8, 4) is 0 Å². The van der Waals surface area contributed by atoms with Crippen molar-refractivity contribution in [2.45, 2.75) is 121 Å². The molecule has 3 N–H and O–H groups in total. The summed E-state index contributed by atoms with van der Waals surface area (Å²) in [6.07, 6.45) is 3.19. The van der Waals surface area contributed by atoms with Crippen LogP contribution in [0.15, 0.2) is 47.8 Å². The Morgan fingerprint density at radius 1 is 1.00 bits per heavy atom. The highest BCUT2D eigenvalue weighted by Crippen LogP contribution is 2.43. The van der Waals surface area contributed by atoms with Gasteiger partial charge in [-0.2, -0.15) is 13.2 Å². The highest BCUT2D eigenvalue weighted by molar-refractivity contribution is 7.99. The number of carbonyl (C=O) groups is 6. The molecule has 6 heterocycles. The summed E-state index contributed by atoms with van der Waals surface area (Å²) < 4.78 is 53.2. The predicted octanol–water partition coefficient (Wildman–Crippen LogP) is 4.96. The molecule has 2 saturated heterocycles. The van der Waals surface area contributed by atoms with Crippen molar-refractivity contribution in [2.24, 2.45) is 18.9 Å². The number of likely N-dealkylation sites (tertiary alicyclic amines) is 1. The normalized spacial score (nSPS) is 20.7. The number of thioether (sulfide) groups is 1. The molecule has 6 amide bonds. The number of benzene rings is 1. The molecule has 70 heavy (non-hydrogen) atoms. The van der Waals surface area contributed by atoms with Crippen LogP contribution in [0.25, 0.3) is 0 Å². The number of quaternary nitrogens is 1. The number of rotatable bonds is 21. The first kappa shape index (κ1) is 52.2. The molecule has 4 atom stereocenters. The maximum atomic E-state index is 15.1. The molecular formula is C49H64F3N10O7S+. The lowest BCUT2D eigenvalue weighted by Gasteiger charge is -2.44. The van der Waals surface area contributed by atoms with Gasteiger partial charge in [0, 0.05) is 61.0 Å². The number of imide groups is 1. The molecule has 0 radical (unpaired) electrons. The van der Waals surface area contributed by atoms with Crippen molar-refractivity contribution in [2.75, 3.05) is 50.2 Å². The molecular weight excluding hydrogens is 930 g/mol. The Labute approximate surface area is 410 Å². The number of hydrogen-bond acceptors (Lipinski definition) is 11. The maximum Gasteiger partial charge on any atom is 0.416 e. The largest absolute Gasteiger partial charge is 0.416 e. The minimum atomic E-state index is -4.77. The number of aryl methyl sites for hydroxylation is 1. The van der Waals surface area contributed by atoms with E-state index in [2.05, 4.69) is 33.1 Å². The summed E-state index contributed by atoms with van der Waals surface area (Å²) in [7, 11) is 1.86. The minimum absolute atomic E-state index is 0.0384. The Morgan fingerprint density at radius 2 is 1.74 bits per heavy atom. The molecule has 21 heteroatoms. The maximum absolute atomic E-state index is 15.1. The van der Waals surface area contributed by atoms with E-state index >= 15 is 13.2 Å². The van der Waals surface area contributed by atoms with Crippen LogP contribution in [0.1, 0.15) is 112 Å². The molecule has 4 aliphatic rings. The number of hydrogen-bond donors (Lipinski definition) is 3. The van der Waals surface area contributed by atoms with Crippen LogP contribution in [0.3, 0.4) is 0 Å². The average molecular weight is 994 g/mol. The molecule has 3 aromatic rings. The van der Waals surface area contributed by atoms with Crippen LogP contribution in [0, 0.1) is 11.8 Å². The third-order valence-corrected chi connectivity index (χ3v) is 14.6. The van der Waals surface area contributed by atoms with Gasteiger partial charge in [0.1, 0.15) is 36.6 Å². The number of fused-ring (bicyclic) bond motifs is 1. The molecule has 7 rings (SSSR count). The molecule has 0 saturated carbocycles. The summed E-state index contributed by atoms with van der Waals surface area (Å²) in [5.41, 5.74) is -0.377. The van der Waals surface area contributed by atoms with Crippen molar-refractivity contribution in [1.29, 1.82) is 0 Å². The molecule has 0 aliphatic carbocycles. The zero-order valence-electron chi connectivity index (χ0n) is 40.7. The number of nitrogens with one attached hydrogen (secondary N) is 3. The topological polar surface area (TPSA) is 198 Å². The van der Waals surface area contributed by atoms with E-state index in [1.54, 1.807) is 32.3 Å². The van der Waals surface area contributed by atoms with Crippen molar-refractivity contribution in [3.63, 3.8) is 0 Å². The van der Waals surface area contributed by atoms with Gasteiger partial charge in [-0.1, -0.05) is 34.1 Å². The van der Waals surface area contributed by atoms with E-state index in [1.165, 1.54) is 35.7 Å². The van der Waals surface area contributed by atoms with E-state index in [4.69, 9.17) is 9.72 Å². The number of anilines is 1. The zero-order valence-corrected chi connectivity index (χ0v) is 41.5. The third-order valence-electron chi connectivity index (χ3n) is 13.8. The van der Waals surface area contributed by atoms with Crippen molar-refractivity contribution in [3.05, 3.63) is 76.4 Å². The number of carbonyl (C=O) groups excluding carboxylic acids is 6. The van der Waals surface area contributed by atoms with Gasteiger partial charge in [-0.15, -0.1) is 22.0 Å². The fraction of sp³-hybridized carbons (Fsp3) is 0.571. The van der Waals surface area contributed by atoms with Gasteiger partial charge in [-0.3, -0.25) is 38.6 Å². The summed E-state index contributed by atoms with van der Waals surface area (Å²) in [5, 5.41) is 17.4. The van der Waals surface area contributed by atoms with Crippen LogP contribution >= 0.6 is 11.8 Å². The second-order valence-corrected chi connectivity index (χ2v) is 21.0. The number of pyridine rings is 1. The number of nitrogens with zero attached hydrogens (tertiary/aromatic N) is 7. The van der Waals surface area contributed by atoms with E-state index in [1.807, 2.05) is 24.6 Å². The molecule has 4 aliphatic heterocycles. The summed E-state index contributed by atoms with van der Waals surface area (Å²) in [6.45, 7) is 11.1. The van der Waals surface area contributed by atoms with Gasteiger partial charge in [0.2, 0.25) is 17.7 Å². The lowest BCUT2D eigenvalue weighted by Crippen LogP contribution is -2.60. The fourth-order valence-corrected chi connectivity index (χ4v) is 10.6. The Kier molecular flexibility index (Phi) is 16.2. The highest BCUT2D eigenvalue weighted by Gasteiger charge is 2.45. The fourth-order valence-electron chi connectivity index (χ4n) is 9.93. The van der Waals surface area contributed by atoms with Gasteiger partial charge in [0.25, 0.3) is 17.7 Å². The standard InChI is InChI=1S/C49H63F3N10O7S/c1-7-70-41-21-34(48(26-69-27-48)22-39-58-54-28-59(39)6)20-38(56-41)61-23-36-35(47(61)68)18-33(19-37(36)49(50,51)52)25-62(17-11-12-31(4)24-62)29-53-45(66)32(5)55-46(67)44(30(2)3)57-40(63)13-9-8-10-16-60-42(64)14-15-43(60)65/h14-15,18-21,28,30-32,44H,7-13,16-17,22-27,29H2,1-6H3,(H2-,53,55,57,63,66,67)/p+1/t31-,32-,44-,62?/m0/s1. The average Bonchev–Trinajstić information content (AvgIpc) is 3.96. The Balaban J connectivity index is 1.03. The van der Waals surface area contributed by atoms with Crippen molar-refractivity contribution in [1.82, 2.24) is 40.6 Å². The lowest BCUT2D eigenvalue weighted by atomic mass is 9.76. The first-order chi connectivity index (χ1) is 33.2.